The molecule has 0 unspecified atom stereocenters. The number of hydrogen-bond acceptors (Lipinski definition) is 6. The van der Waals surface area contributed by atoms with E-state index in [1.165, 1.54) is 7.11 Å². The normalized spacial score (nSPS) is 11.7. The number of carbonyl (C=O) groups is 3. The molecule has 4 N–H and O–H groups in total. The zero-order chi connectivity index (χ0) is 22.9. The van der Waals surface area contributed by atoms with Crippen LogP contribution in [0, 0.1) is 0 Å². The summed E-state index contributed by atoms with van der Waals surface area (Å²) in [6.07, 6.45) is 1.55. The lowest BCUT2D eigenvalue weighted by molar-refractivity contribution is -0.140. The number of ether oxygens (including phenoxy) is 1. The molecular weight excluding hydrogens is 410 g/mol. The van der Waals surface area contributed by atoms with Crippen LogP contribution in [-0.4, -0.2) is 37.5 Å². The number of para-hydroxylation sites is 2. The fourth-order valence-electron chi connectivity index (χ4n) is 3.33. The summed E-state index contributed by atoms with van der Waals surface area (Å²) < 4.78 is 10.3. The molecule has 0 aliphatic rings. The van der Waals surface area contributed by atoms with Gasteiger partial charge < -0.3 is 25.5 Å². The van der Waals surface area contributed by atoms with Gasteiger partial charge in [-0.05, 0) is 49.6 Å². The first-order chi connectivity index (χ1) is 15.5. The van der Waals surface area contributed by atoms with Gasteiger partial charge in [0.2, 0.25) is 5.91 Å². The van der Waals surface area contributed by atoms with Gasteiger partial charge in [-0.25, -0.2) is 0 Å². The van der Waals surface area contributed by atoms with Crippen molar-refractivity contribution in [2.45, 2.75) is 31.7 Å². The van der Waals surface area contributed by atoms with Crippen molar-refractivity contribution in [3.63, 3.8) is 0 Å². The minimum absolute atomic E-state index is 0.134. The van der Waals surface area contributed by atoms with E-state index in [2.05, 4.69) is 15.4 Å². The second-order valence-corrected chi connectivity index (χ2v) is 7.33. The lowest BCUT2D eigenvalue weighted by Gasteiger charge is -2.19. The highest BCUT2D eigenvalue weighted by atomic mass is 16.5. The number of hydrogen-bond donors (Lipinski definition) is 3. The van der Waals surface area contributed by atoms with Crippen LogP contribution >= 0.6 is 0 Å². The fraction of sp³-hybridized carbons (Fsp3) is 0.292. The van der Waals surface area contributed by atoms with Crippen LogP contribution in [0.4, 0.5) is 5.69 Å². The van der Waals surface area contributed by atoms with Crippen LogP contribution in [0.25, 0.3) is 11.0 Å². The van der Waals surface area contributed by atoms with Crippen molar-refractivity contribution in [1.82, 2.24) is 5.32 Å². The zero-order valence-corrected chi connectivity index (χ0v) is 17.9. The number of fused-ring (bicyclic) bond motifs is 1. The Morgan fingerprint density at radius 3 is 2.59 bits per heavy atom. The van der Waals surface area contributed by atoms with E-state index >= 15 is 0 Å². The summed E-state index contributed by atoms with van der Waals surface area (Å²) in [6, 6.07) is 15.4. The number of methoxy groups -OCH3 is 1. The van der Waals surface area contributed by atoms with Gasteiger partial charge in [0.25, 0.3) is 5.91 Å². The number of benzene rings is 2. The molecule has 1 atom stereocenters. The van der Waals surface area contributed by atoms with Gasteiger partial charge >= 0.3 is 5.97 Å². The molecule has 3 rings (SSSR count). The summed E-state index contributed by atoms with van der Waals surface area (Å²) in [5.41, 5.74) is 7.60. The second kappa shape index (κ2) is 11.1. The Hall–Kier alpha value is -3.65. The summed E-state index contributed by atoms with van der Waals surface area (Å²) >= 11 is 0. The molecule has 2 aromatic carbocycles. The smallest absolute Gasteiger partial charge is 0.305 e. The average Bonchev–Trinajstić information content (AvgIpc) is 3.25. The van der Waals surface area contributed by atoms with Crippen molar-refractivity contribution >= 4 is 34.4 Å². The number of nitrogens with one attached hydrogen (secondary N) is 2. The van der Waals surface area contributed by atoms with Gasteiger partial charge in [0.1, 0.15) is 11.6 Å². The van der Waals surface area contributed by atoms with Crippen molar-refractivity contribution in [3.05, 3.63) is 65.9 Å². The van der Waals surface area contributed by atoms with E-state index in [4.69, 9.17) is 10.2 Å². The Morgan fingerprint density at radius 1 is 1.09 bits per heavy atom. The number of anilines is 1. The first-order valence-electron chi connectivity index (χ1n) is 10.5. The maximum atomic E-state index is 13.0. The highest BCUT2D eigenvalue weighted by Gasteiger charge is 2.23. The van der Waals surface area contributed by atoms with Crippen LogP contribution in [0.1, 0.15) is 35.4 Å². The molecule has 1 aromatic heterocycles. The van der Waals surface area contributed by atoms with E-state index in [0.717, 1.165) is 10.9 Å². The van der Waals surface area contributed by atoms with E-state index in [1.54, 1.807) is 24.3 Å². The van der Waals surface area contributed by atoms with Crippen LogP contribution in [0.2, 0.25) is 0 Å². The zero-order valence-electron chi connectivity index (χ0n) is 17.9. The summed E-state index contributed by atoms with van der Waals surface area (Å²) in [5, 5.41) is 6.43. The number of nitrogens with two attached hydrogens (primary N) is 1. The van der Waals surface area contributed by atoms with Gasteiger partial charge in [-0.3, -0.25) is 14.4 Å². The molecule has 8 nitrogen and oxygen atoms in total. The topological polar surface area (TPSA) is 124 Å². The fourth-order valence-corrected chi connectivity index (χ4v) is 3.33. The molecule has 0 spiro atoms. The molecule has 32 heavy (non-hydrogen) atoms. The van der Waals surface area contributed by atoms with E-state index in [-0.39, 0.29) is 24.1 Å². The number of amides is 2. The van der Waals surface area contributed by atoms with Crippen LogP contribution in [0.15, 0.2) is 59.0 Å². The summed E-state index contributed by atoms with van der Waals surface area (Å²) in [7, 11) is 1.34. The first-order valence-corrected chi connectivity index (χ1v) is 10.5. The highest BCUT2D eigenvalue weighted by molar-refractivity contribution is 6.01. The third kappa shape index (κ3) is 5.95. The minimum Gasteiger partial charge on any atom is -0.469 e. The molecule has 0 aliphatic heterocycles. The van der Waals surface area contributed by atoms with Crippen LogP contribution in [0.5, 0.6) is 0 Å². The Balaban J connectivity index is 1.72. The first kappa shape index (κ1) is 23.0. The van der Waals surface area contributed by atoms with Gasteiger partial charge in [0.05, 0.1) is 7.11 Å². The van der Waals surface area contributed by atoms with Gasteiger partial charge in [-0.2, -0.15) is 0 Å². The van der Waals surface area contributed by atoms with Gasteiger partial charge in [0.15, 0.2) is 5.76 Å². The van der Waals surface area contributed by atoms with Crippen molar-refractivity contribution < 1.29 is 23.5 Å². The van der Waals surface area contributed by atoms with Crippen molar-refractivity contribution in [1.29, 1.82) is 0 Å². The third-order valence-electron chi connectivity index (χ3n) is 5.07. The quantitative estimate of drug-likeness (QED) is 0.419. The minimum atomic E-state index is -0.798. The van der Waals surface area contributed by atoms with Crippen LogP contribution < -0.4 is 16.4 Å². The maximum absolute atomic E-state index is 13.0. The lowest BCUT2D eigenvalue weighted by Crippen LogP contribution is -2.44. The van der Waals surface area contributed by atoms with Crippen molar-refractivity contribution in [2.24, 2.45) is 5.73 Å². The standard InChI is InChI=1S/C24H27N3O5/c1-31-22(28)13-12-16-7-2-4-9-18(16)26-23(29)19(10-6-14-25)27-24(30)21-15-17-8-3-5-11-20(17)32-21/h2-5,7-9,11,15,19H,6,10,12-14,25H2,1H3,(H,26,29)(H,27,30)/t19-/m0/s1. The van der Waals surface area contributed by atoms with Crippen LogP contribution in [0.3, 0.4) is 0 Å². The molecule has 0 aliphatic carbocycles. The molecular formula is C24H27N3O5. The lowest BCUT2D eigenvalue weighted by atomic mass is 10.1. The number of carbonyl (C=O) groups excluding carboxylic acids is 3. The molecule has 0 saturated heterocycles. The van der Waals surface area contributed by atoms with Gasteiger partial charge in [-0.15, -0.1) is 0 Å². The second-order valence-electron chi connectivity index (χ2n) is 7.33. The van der Waals surface area contributed by atoms with Crippen molar-refractivity contribution in [3.8, 4) is 0 Å². The van der Waals surface area contributed by atoms with Gasteiger partial charge in [0, 0.05) is 17.5 Å². The number of esters is 1. The highest BCUT2D eigenvalue weighted by Crippen LogP contribution is 2.20. The molecule has 2 amide bonds. The van der Waals surface area contributed by atoms with Crippen LogP contribution in [-0.2, 0) is 20.7 Å². The van der Waals surface area contributed by atoms with E-state index in [1.807, 2.05) is 30.3 Å². The van der Waals surface area contributed by atoms with E-state index < -0.39 is 11.9 Å². The largest absolute Gasteiger partial charge is 0.469 e. The maximum Gasteiger partial charge on any atom is 0.305 e. The van der Waals surface area contributed by atoms with E-state index in [9.17, 15) is 14.4 Å². The molecule has 0 radical (unpaired) electrons. The molecule has 0 fully saturated rings. The molecule has 168 valence electrons. The number of rotatable bonds is 10. The Kier molecular flexibility index (Phi) is 7.99. The molecule has 3 aromatic rings. The summed E-state index contributed by atoms with van der Waals surface area (Å²) in [6.45, 7) is 0.389. The number of aryl methyl sites for hydroxylation is 1. The Labute approximate surface area is 186 Å². The molecule has 0 bridgehead atoms. The monoisotopic (exact) mass is 437 g/mol. The Bertz CT molecular complexity index is 1060. The van der Waals surface area contributed by atoms with Gasteiger partial charge in [-0.1, -0.05) is 36.4 Å². The summed E-state index contributed by atoms with van der Waals surface area (Å²) in [5.74, 6) is -1.04. The molecule has 1 heterocycles. The predicted molar refractivity (Wildman–Crippen MR) is 121 cm³/mol. The number of furan rings is 1. The Morgan fingerprint density at radius 2 is 1.84 bits per heavy atom. The summed E-state index contributed by atoms with van der Waals surface area (Å²) in [4.78, 5) is 37.3. The average molecular weight is 437 g/mol. The SMILES string of the molecule is COC(=O)CCc1ccccc1NC(=O)[C@H](CCCN)NC(=O)c1cc2ccccc2o1. The van der Waals surface area contributed by atoms with Crippen molar-refractivity contribution in [2.75, 3.05) is 19.0 Å². The molecule has 0 saturated carbocycles. The molecule has 8 heteroatoms. The van der Waals surface area contributed by atoms with E-state index in [0.29, 0.717) is 37.1 Å². The third-order valence-corrected chi connectivity index (χ3v) is 5.07. The predicted octanol–water partition coefficient (Wildman–Crippen LogP) is 3.01.